The topological polar surface area (TPSA) is 56.8 Å². The number of likely N-dealkylation sites (tertiary alicyclic amines) is 1. The SMILES string of the molecule is CCCN1CCCN(c2ncc(C(=O)N3CCCCC3)cc2Cl)CC1=O. The maximum atomic E-state index is 12.6. The molecule has 0 radical (unpaired) electrons. The molecule has 2 aliphatic rings. The van der Waals surface area contributed by atoms with E-state index in [0.29, 0.717) is 16.4 Å². The molecule has 2 saturated heterocycles. The van der Waals surface area contributed by atoms with Crippen molar-refractivity contribution in [1.29, 1.82) is 0 Å². The van der Waals surface area contributed by atoms with E-state index in [0.717, 1.165) is 58.4 Å². The van der Waals surface area contributed by atoms with E-state index in [-0.39, 0.29) is 18.4 Å². The summed E-state index contributed by atoms with van der Waals surface area (Å²) >= 11 is 6.44. The van der Waals surface area contributed by atoms with Crippen LogP contribution in [0.5, 0.6) is 0 Å². The zero-order valence-electron chi connectivity index (χ0n) is 15.4. The van der Waals surface area contributed by atoms with E-state index >= 15 is 0 Å². The molecule has 0 aliphatic carbocycles. The van der Waals surface area contributed by atoms with Crippen molar-refractivity contribution in [3.8, 4) is 0 Å². The lowest BCUT2D eigenvalue weighted by Crippen LogP contribution is -2.37. The number of aromatic nitrogens is 1. The monoisotopic (exact) mass is 378 g/mol. The summed E-state index contributed by atoms with van der Waals surface area (Å²) in [6.07, 6.45) is 6.72. The van der Waals surface area contributed by atoms with E-state index in [2.05, 4.69) is 11.9 Å². The lowest BCUT2D eigenvalue weighted by Gasteiger charge is -2.27. The number of pyridine rings is 1. The Morgan fingerprint density at radius 1 is 1.15 bits per heavy atom. The van der Waals surface area contributed by atoms with Gasteiger partial charge < -0.3 is 14.7 Å². The Hall–Kier alpha value is -1.82. The summed E-state index contributed by atoms with van der Waals surface area (Å²) in [6, 6.07) is 1.69. The Morgan fingerprint density at radius 2 is 1.92 bits per heavy atom. The van der Waals surface area contributed by atoms with Crippen molar-refractivity contribution in [3.63, 3.8) is 0 Å². The van der Waals surface area contributed by atoms with Crippen molar-refractivity contribution < 1.29 is 9.59 Å². The number of amides is 2. The van der Waals surface area contributed by atoms with E-state index in [1.807, 2.05) is 14.7 Å². The first kappa shape index (κ1) is 19.0. The molecule has 0 spiro atoms. The van der Waals surface area contributed by atoms with Gasteiger partial charge in [0, 0.05) is 38.9 Å². The molecule has 2 amide bonds. The van der Waals surface area contributed by atoms with Crippen molar-refractivity contribution in [2.24, 2.45) is 0 Å². The third-order valence-corrected chi connectivity index (χ3v) is 5.32. The minimum Gasteiger partial charge on any atom is -0.346 e. The molecule has 0 aromatic carbocycles. The molecule has 3 heterocycles. The minimum atomic E-state index is -0.00767. The van der Waals surface area contributed by atoms with Gasteiger partial charge in [-0.05, 0) is 38.2 Å². The van der Waals surface area contributed by atoms with Crippen LogP contribution < -0.4 is 4.90 Å². The van der Waals surface area contributed by atoms with Crippen LogP contribution in [-0.2, 0) is 4.79 Å². The van der Waals surface area contributed by atoms with E-state index in [1.165, 1.54) is 6.42 Å². The van der Waals surface area contributed by atoms with Crippen molar-refractivity contribution >= 4 is 29.2 Å². The van der Waals surface area contributed by atoms with Crippen LogP contribution in [0.1, 0.15) is 49.4 Å². The Bertz CT molecular complexity index is 661. The fraction of sp³-hybridized carbons (Fsp3) is 0.632. The van der Waals surface area contributed by atoms with Gasteiger partial charge in [-0.15, -0.1) is 0 Å². The zero-order valence-corrected chi connectivity index (χ0v) is 16.2. The number of hydrogen-bond donors (Lipinski definition) is 0. The van der Waals surface area contributed by atoms with Crippen molar-refractivity contribution in [2.75, 3.05) is 44.2 Å². The number of anilines is 1. The highest BCUT2D eigenvalue weighted by molar-refractivity contribution is 6.33. The van der Waals surface area contributed by atoms with Gasteiger partial charge >= 0.3 is 0 Å². The van der Waals surface area contributed by atoms with Crippen LogP contribution in [0.4, 0.5) is 5.82 Å². The van der Waals surface area contributed by atoms with Gasteiger partial charge in [0.15, 0.2) is 0 Å². The van der Waals surface area contributed by atoms with Gasteiger partial charge in [0.1, 0.15) is 5.82 Å². The zero-order chi connectivity index (χ0) is 18.5. The fourth-order valence-electron chi connectivity index (χ4n) is 3.67. The van der Waals surface area contributed by atoms with Crippen LogP contribution in [0.2, 0.25) is 5.02 Å². The van der Waals surface area contributed by atoms with E-state index < -0.39 is 0 Å². The molecular formula is C19H27ClN4O2. The highest BCUT2D eigenvalue weighted by Crippen LogP contribution is 2.26. The molecule has 6 nitrogen and oxygen atoms in total. The number of hydrogen-bond acceptors (Lipinski definition) is 4. The van der Waals surface area contributed by atoms with E-state index in [9.17, 15) is 9.59 Å². The van der Waals surface area contributed by atoms with Crippen LogP contribution in [0.25, 0.3) is 0 Å². The third-order valence-electron chi connectivity index (χ3n) is 5.04. The summed E-state index contributed by atoms with van der Waals surface area (Å²) in [5, 5.41) is 0.435. The first-order valence-corrected chi connectivity index (χ1v) is 9.95. The molecule has 142 valence electrons. The van der Waals surface area contributed by atoms with Gasteiger partial charge in [0.2, 0.25) is 5.91 Å². The number of carbonyl (C=O) groups excluding carboxylic acids is 2. The second-order valence-corrected chi connectivity index (χ2v) is 7.45. The van der Waals surface area contributed by atoms with Gasteiger partial charge in [-0.1, -0.05) is 18.5 Å². The summed E-state index contributed by atoms with van der Waals surface area (Å²) < 4.78 is 0. The molecule has 2 aliphatic heterocycles. The van der Waals surface area contributed by atoms with Crippen LogP contribution >= 0.6 is 11.6 Å². The molecule has 2 fully saturated rings. The molecular weight excluding hydrogens is 352 g/mol. The highest BCUT2D eigenvalue weighted by atomic mass is 35.5. The molecule has 1 aromatic heterocycles. The second-order valence-electron chi connectivity index (χ2n) is 7.04. The Labute approximate surface area is 160 Å². The average Bonchev–Trinajstić information content (AvgIpc) is 2.84. The van der Waals surface area contributed by atoms with Gasteiger partial charge in [0.25, 0.3) is 5.91 Å². The molecule has 0 atom stereocenters. The predicted molar refractivity (Wildman–Crippen MR) is 103 cm³/mol. The molecule has 0 unspecified atom stereocenters. The predicted octanol–water partition coefficient (Wildman–Crippen LogP) is 2.81. The minimum absolute atomic E-state index is 0.00767. The van der Waals surface area contributed by atoms with Crippen LogP contribution in [0.15, 0.2) is 12.3 Å². The smallest absolute Gasteiger partial charge is 0.255 e. The van der Waals surface area contributed by atoms with Crippen LogP contribution in [0, 0.1) is 0 Å². The Morgan fingerprint density at radius 3 is 2.62 bits per heavy atom. The van der Waals surface area contributed by atoms with E-state index in [4.69, 9.17) is 11.6 Å². The molecule has 1 aromatic rings. The molecule has 0 N–H and O–H groups in total. The summed E-state index contributed by atoms with van der Waals surface area (Å²) in [5.41, 5.74) is 0.523. The summed E-state index contributed by atoms with van der Waals surface area (Å²) in [5.74, 6) is 0.691. The quantitative estimate of drug-likeness (QED) is 0.808. The average molecular weight is 379 g/mol. The van der Waals surface area contributed by atoms with Crippen LogP contribution in [0.3, 0.4) is 0 Å². The molecule has 0 bridgehead atoms. The van der Waals surface area contributed by atoms with Gasteiger partial charge in [-0.2, -0.15) is 0 Å². The number of halogens is 1. The van der Waals surface area contributed by atoms with Gasteiger partial charge in [-0.25, -0.2) is 4.98 Å². The Balaban J connectivity index is 1.73. The molecule has 7 heteroatoms. The highest BCUT2D eigenvalue weighted by Gasteiger charge is 2.25. The fourth-order valence-corrected chi connectivity index (χ4v) is 3.95. The first-order chi connectivity index (χ1) is 12.6. The van der Waals surface area contributed by atoms with Gasteiger partial charge in [0.05, 0.1) is 17.1 Å². The lowest BCUT2D eigenvalue weighted by atomic mass is 10.1. The first-order valence-electron chi connectivity index (χ1n) is 9.57. The van der Waals surface area contributed by atoms with E-state index in [1.54, 1.807) is 12.3 Å². The summed E-state index contributed by atoms with van der Waals surface area (Å²) in [7, 11) is 0. The van der Waals surface area contributed by atoms with Crippen molar-refractivity contribution in [3.05, 3.63) is 22.8 Å². The summed E-state index contributed by atoms with van der Waals surface area (Å²) in [6.45, 7) is 6.25. The normalized spacial score (nSPS) is 18.8. The van der Waals surface area contributed by atoms with Crippen molar-refractivity contribution in [1.82, 2.24) is 14.8 Å². The second kappa shape index (κ2) is 8.71. The van der Waals surface area contributed by atoms with Gasteiger partial charge in [-0.3, -0.25) is 9.59 Å². The maximum absolute atomic E-state index is 12.6. The summed E-state index contributed by atoms with van der Waals surface area (Å²) in [4.78, 5) is 35.2. The molecule has 26 heavy (non-hydrogen) atoms. The number of carbonyl (C=O) groups is 2. The maximum Gasteiger partial charge on any atom is 0.255 e. The number of nitrogens with zero attached hydrogens (tertiary/aromatic N) is 4. The number of rotatable bonds is 4. The molecule has 3 rings (SSSR count). The Kier molecular flexibility index (Phi) is 6.35. The third kappa shape index (κ3) is 4.29. The van der Waals surface area contributed by atoms with Crippen molar-refractivity contribution in [2.45, 2.75) is 39.0 Å². The lowest BCUT2D eigenvalue weighted by molar-refractivity contribution is -0.129. The van der Waals surface area contributed by atoms with Crippen LogP contribution in [-0.4, -0.2) is 65.9 Å². The molecule has 0 saturated carbocycles. The standard InChI is InChI=1S/C19H27ClN4O2/c1-2-7-22-10-6-11-24(14-17(22)25)18-16(20)12-15(13-21-18)19(26)23-8-4-3-5-9-23/h12-13H,2-11,14H2,1H3. The largest absolute Gasteiger partial charge is 0.346 e. The number of piperidine rings is 1.